The van der Waals surface area contributed by atoms with E-state index in [1.54, 1.807) is 0 Å². The second kappa shape index (κ2) is 7.92. The molecular formula is C16H21FN2O5S. The second-order valence-corrected chi connectivity index (χ2v) is 8.08. The maximum absolute atomic E-state index is 13.0. The van der Waals surface area contributed by atoms with Gasteiger partial charge in [-0.25, -0.2) is 12.8 Å². The van der Waals surface area contributed by atoms with E-state index in [1.807, 2.05) is 0 Å². The molecule has 0 bridgehead atoms. The van der Waals surface area contributed by atoms with Gasteiger partial charge >= 0.3 is 5.97 Å². The number of benzene rings is 1. The molecule has 1 amide bonds. The molecule has 0 radical (unpaired) electrons. The van der Waals surface area contributed by atoms with Crippen molar-refractivity contribution in [1.82, 2.24) is 9.62 Å². The Morgan fingerprint density at radius 2 is 2.00 bits per heavy atom. The monoisotopic (exact) mass is 372 g/mol. The van der Waals surface area contributed by atoms with Crippen LogP contribution in [0.2, 0.25) is 0 Å². The van der Waals surface area contributed by atoms with Gasteiger partial charge in [-0.15, -0.1) is 0 Å². The highest BCUT2D eigenvalue weighted by atomic mass is 32.2. The van der Waals surface area contributed by atoms with Crippen molar-refractivity contribution in [2.24, 2.45) is 11.8 Å². The van der Waals surface area contributed by atoms with E-state index in [1.165, 1.54) is 23.4 Å². The van der Waals surface area contributed by atoms with Gasteiger partial charge in [0.1, 0.15) is 5.82 Å². The third-order valence-electron chi connectivity index (χ3n) is 4.21. The standard InChI is InChI=1S/C16H21FN2O5S/c1-11(16(21)22)9-18-15(20)12-3-2-8-19(10-12)25(23,24)14-6-4-13(17)5-7-14/h4-7,11-12H,2-3,8-10H2,1H3,(H,18,20)(H,21,22). The maximum Gasteiger partial charge on any atom is 0.308 e. The summed E-state index contributed by atoms with van der Waals surface area (Å²) in [5.41, 5.74) is 0. The number of hydrogen-bond acceptors (Lipinski definition) is 4. The Balaban J connectivity index is 2.03. The zero-order valence-electron chi connectivity index (χ0n) is 13.8. The molecule has 1 fully saturated rings. The Morgan fingerprint density at radius 1 is 1.36 bits per heavy atom. The second-order valence-electron chi connectivity index (χ2n) is 6.14. The van der Waals surface area contributed by atoms with Crippen molar-refractivity contribution in [2.75, 3.05) is 19.6 Å². The molecule has 2 rings (SSSR count). The fraction of sp³-hybridized carbons (Fsp3) is 0.500. The van der Waals surface area contributed by atoms with Crippen molar-refractivity contribution in [3.63, 3.8) is 0 Å². The summed E-state index contributed by atoms with van der Waals surface area (Å²) < 4.78 is 39.4. The molecule has 9 heteroatoms. The molecule has 1 aromatic rings. The van der Waals surface area contributed by atoms with Crippen molar-refractivity contribution < 1.29 is 27.5 Å². The van der Waals surface area contributed by atoms with Crippen LogP contribution in [0.4, 0.5) is 4.39 Å². The number of rotatable bonds is 6. The predicted molar refractivity (Wildman–Crippen MR) is 87.7 cm³/mol. The number of halogens is 1. The minimum Gasteiger partial charge on any atom is -0.481 e. The fourth-order valence-corrected chi connectivity index (χ4v) is 4.14. The largest absolute Gasteiger partial charge is 0.481 e. The first-order chi connectivity index (χ1) is 11.7. The van der Waals surface area contributed by atoms with E-state index in [2.05, 4.69) is 5.32 Å². The lowest BCUT2D eigenvalue weighted by Crippen LogP contribution is -2.46. The number of carbonyl (C=O) groups is 2. The van der Waals surface area contributed by atoms with Gasteiger partial charge < -0.3 is 10.4 Å². The Kier molecular flexibility index (Phi) is 6.12. The number of nitrogens with zero attached hydrogens (tertiary/aromatic N) is 1. The van der Waals surface area contributed by atoms with Crippen LogP contribution in [-0.2, 0) is 19.6 Å². The molecule has 0 spiro atoms. The molecule has 2 atom stereocenters. The third-order valence-corrected chi connectivity index (χ3v) is 6.09. The molecule has 1 aromatic carbocycles. The average Bonchev–Trinajstić information content (AvgIpc) is 2.59. The highest BCUT2D eigenvalue weighted by Gasteiger charge is 2.33. The predicted octanol–water partition coefficient (Wildman–Crippen LogP) is 1.06. The lowest BCUT2D eigenvalue weighted by molar-refractivity contribution is -0.141. The van der Waals surface area contributed by atoms with E-state index in [0.29, 0.717) is 12.8 Å². The zero-order valence-corrected chi connectivity index (χ0v) is 14.6. The van der Waals surface area contributed by atoms with Crippen molar-refractivity contribution >= 4 is 21.9 Å². The molecular weight excluding hydrogens is 351 g/mol. The lowest BCUT2D eigenvalue weighted by Gasteiger charge is -2.31. The van der Waals surface area contributed by atoms with Crippen molar-refractivity contribution in [2.45, 2.75) is 24.7 Å². The molecule has 1 saturated heterocycles. The van der Waals surface area contributed by atoms with Gasteiger partial charge in [0.25, 0.3) is 0 Å². The van der Waals surface area contributed by atoms with Crippen LogP contribution >= 0.6 is 0 Å². The first-order valence-corrected chi connectivity index (χ1v) is 9.42. The van der Waals surface area contributed by atoms with Gasteiger partial charge in [-0.05, 0) is 37.1 Å². The lowest BCUT2D eigenvalue weighted by atomic mass is 9.98. The summed E-state index contributed by atoms with van der Waals surface area (Å²) in [6.45, 7) is 1.78. The van der Waals surface area contributed by atoms with E-state index in [9.17, 15) is 22.4 Å². The Bertz CT molecular complexity index is 735. The minimum atomic E-state index is -3.80. The Labute approximate surface area is 145 Å². The van der Waals surface area contributed by atoms with Gasteiger partial charge in [0.2, 0.25) is 15.9 Å². The van der Waals surface area contributed by atoms with Gasteiger partial charge in [0, 0.05) is 19.6 Å². The molecule has 1 aliphatic rings. The van der Waals surface area contributed by atoms with Crippen LogP contribution < -0.4 is 5.32 Å². The number of piperidine rings is 1. The molecule has 0 aromatic heterocycles. The van der Waals surface area contributed by atoms with Crippen LogP contribution in [0.3, 0.4) is 0 Å². The number of nitrogens with one attached hydrogen (secondary N) is 1. The van der Waals surface area contributed by atoms with Gasteiger partial charge in [0.05, 0.1) is 16.7 Å². The van der Waals surface area contributed by atoms with Gasteiger partial charge in [-0.1, -0.05) is 6.92 Å². The van der Waals surface area contributed by atoms with E-state index in [-0.39, 0.29) is 30.4 Å². The van der Waals surface area contributed by atoms with Crippen molar-refractivity contribution in [1.29, 1.82) is 0 Å². The summed E-state index contributed by atoms with van der Waals surface area (Å²) in [7, 11) is -3.80. The summed E-state index contributed by atoms with van der Waals surface area (Å²) in [5, 5.41) is 11.4. The molecule has 138 valence electrons. The average molecular weight is 372 g/mol. The highest BCUT2D eigenvalue weighted by Crippen LogP contribution is 2.24. The van der Waals surface area contributed by atoms with Crippen LogP contribution in [-0.4, -0.2) is 49.3 Å². The van der Waals surface area contributed by atoms with Crippen LogP contribution in [0.25, 0.3) is 0 Å². The third kappa shape index (κ3) is 4.76. The quantitative estimate of drug-likeness (QED) is 0.777. The summed E-state index contributed by atoms with van der Waals surface area (Å²) in [6.07, 6.45) is 1.05. The van der Waals surface area contributed by atoms with Gasteiger partial charge in [-0.3, -0.25) is 9.59 Å². The summed E-state index contributed by atoms with van der Waals surface area (Å²) in [4.78, 5) is 23.0. The van der Waals surface area contributed by atoms with Crippen LogP contribution in [0, 0.1) is 17.7 Å². The molecule has 2 unspecified atom stereocenters. The molecule has 0 saturated carbocycles. The van der Waals surface area contributed by atoms with Crippen molar-refractivity contribution in [3.8, 4) is 0 Å². The van der Waals surface area contributed by atoms with Crippen LogP contribution in [0.5, 0.6) is 0 Å². The normalized spacial score (nSPS) is 20.0. The summed E-state index contributed by atoms with van der Waals surface area (Å²) in [5.74, 6) is -3.14. The zero-order chi connectivity index (χ0) is 18.6. The number of carbonyl (C=O) groups excluding carboxylic acids is 1. The number of amides is 1. The van der Waals surface area contributed by atoms with Crippen LogP contribution in [0.15, 0.2) is 29.2 Å². The number of carboxylic acids is 1. The molecule has 1 heterocycles. The molecule has 7 nitrogen and oxygen atoms in total. The molecule has 1 aliphatic heterocycles. The molecule has 25 heavy (non-hydrogen) atoms. The van der Waals surface area contributed by atoms with Gasteiger partial charge in [-0.2, -0.15) is 4.31 Å². The molecule has 0 aliphatic carbocycles. The fourth-order valence-electron chi connectivity index (χ4n) is 2.62. The highest BCUT2D eigenvalue weighted by molar-refractivity contribution is 7.89. The number of carboxylic acid groups (broad SMARTS) is 1. The first-order valence-electron chi connectivity index (χ1n) is 7.98. The summed E-state index contributed by atoms with van der Waals surface area (Å²) in [6, 6.07) is 4.55. The minimum absolute atomic E-state index is 0.00458. The number of aliphatic carboxylic acids is 1. The topological polar surface area (TPSA) is 104 Å². The first kappa shape index (κ1) is 19.3. The van der Waals surface area contributed by atoms with Crippen LogP contribution in [0.1, 0.15) is 19.8 Å². The smallest absolute Gasteiger partial charge is 0.308 e. The SMILES string of the molecule is CC(CNC(=O)C1CCCN(S(=O)(=O)c2ccc(F)cc2)C1)C(=O)O. The number of sulfonamides is 1. The Hall–Kier alpha value is -2.00. The van der Waals surface area contributed by atoms with E-state index < -0.39 is 33.6 Å². The number of hydrogen-bond donors (Lipinski definition) is 2. The van der Waals surface area contributed by atoms with E-state index in [0.717, 1.165) is 12.1 Å². The summed E-state index contributed by atoms with van der Waals surface area (Å²) >= 11 is 0. The van der Waals surface area contributed by atoms with E-state index in [4.69, 9.17) is 5.11 Å². The molecule has 2 N–H and O–H groups in total. The van der Waals surface area contributed by atoms with Crippen molar-refractivity contribution in [3.05, 3.63) is 30.1 Å². The van der Waals surface area contributed by atoms with E-state index >= 15 is 0 Å². The van der Waals surface area contributed by atoms with Gasteiger partial charge in [0.15, 0.2) is 0 Å². The Morgan fingerprint density at radius 3 is 2.60 bits per heavy atom. The maximum atomic E-state index is 13.0.